The Balaban J connectivity index is 1.55. The van der Waals surface area contributed by atoms with Crippen LogP contribution in [0.1, 0.15) is 18.5 Å². The van der Waals surface area contributed by atoms with Gasteiger partial charge in [-0.25, -0.2) is 4.79 Å². The minimum absolute atomic E-state index is 0.114. The number of pyridine rings is 1. The van der Waals surface area contributed by atoms with Crippen LogP contribution in [-0.4, -0.2) is 11.0 Å². The van der Waals surface area contributed by atoms with Crippen LogP contribution in [0.3, 0.4) is 0 Å². The summed E-state index contributed by atoms with van der Waals surface area (Å²) in [5.74, 6) is 0. The number of carbonyl (C=O) groups is 1. The largest absolute Gasteiger partial charge is 0.331 e. The molecule has 3 rings (SSSR count). The maximum atomic E-state index is 12.1. The molecule has 1 unspecified atom stereocenters. The molecule has 0 saturated carbocycles. The topological polar surface area (TPSA) is 78.7 Å². The Morgan fingerprint density at radius 1 is 0.885 bits per heavy atom. The highest BCUT2D eigenvalue weighted by Gasteiger charge is 2.09. The van der Waals surface area contributed by atoms with Crippen LogP contribution < -0.4 is 10.6 Å². The van der Waals surface area contributed by atoms with E-state index in [-0.39, 0.29) is 12.1 Å². The van der Waals surface area contributed by atoms with Gasteiger partial charge in [0.25, 0.3) is 0 Å². The molecule has 0 aliphatic rings. The monoisotopic (exact) mass is 345 g/mol. The first-order chi connectivity index (χ1) is 12.7. The smallest absolute Gasteiger partial charge is 0.319 e. The van der Waals surface area contributed by atoms with E-state index in [0.717, 1.165) is 11.3 Å². The molecule has 1 aromatic heterocycles. The molecule has 130 valence electrons. The van der Waals surface area contributed by atoms with Crippen molar-refractivity contribution in [3.8, 4) is 0 Å². The van der Waals surface area contributed by atoms with Crippen molar-refractivity contribution in [3.05, 3.63) is 84.7 Å². The van der Waals surface area contributed by atoms with Crippen LogP contribution in [0.4, 0.5) is 21.9 Å². The molecule has 2 N–H and O–H groups in total. The molecule has 6 nitrogen and oxygen atoms in total. The Hall–Kier alpha value is -3.54. The van der Waals surface area contributed by atoms with Crippen molar-refractivity contribution in [2.75, 3.05) is 5.32 Å². The Kier molecular flexibility index (Phi) is 5.67. The second-order valence-corrected chi connectivity index (χ2v) is 5.68. The summed E-state index contributed by atoms with van der Waals surface area (Å²) in [7, 11) is 0. The Bertz CT molecular complexity index is 864. The van der Waals surface area contributed by atoms with Crippen LogP contribution in [0.2, 0.25) is 0 Å². The molecule has 26 heavy (non-hydrogen) atoms. The van der Waals surface area contributed by atoms with Crippen molar-refractivity contribution in [2.45, 2.75) is 13.0 Å². The third kappa shape index (κ3) is 4.98. The molecule has 1 heterocycles. The molecule has 3 aromatic rings. The van der Waals surface area contributed by atoms with E-state index in [1.165, 1.54) is 0 Å². The second kappa shape index (κ2) is 8.53. The van der Waals surface area contributed by atoms with Crippen molar-refractivity contribution in [1.29, 1.82) is 0 Å². The van der Waals surface area contributed by atoms with Gasteiger partial charge < -0.3 is 10.6 Å². The highest BCUT2D eigenvalue weighted by molar-refractivity contribution is 5.89. The second-order valence-electron chi connectivity index (χ2n) is 5.68. The first-order valence-corrected chi connectivity index (χ1v) is 8.25. The molecule has 0 radical (unpaired) electrons. The average Bonchev–Trinajstić information content (AvgIpc) is 2.69. The number of nitrogens with one attached hydrogen (secondary N) is 2. The molecular weight excluding hydrogens is 326 g/mol. The predicted molar refractivity (Wildman–Crippen MR) is 102 cm³/mol. The molecule has 0 bridgehead atoms. The van der Waals surface area contributed by atoms with E-state index in [2.05, 4.69) is 25.8 Å². The standard InChI is InChI=1S/C20H19N5O/c1-15(16-11-13-21-14-12-16)22-20(26)23-17-7-9-19(10-8-17)25-24-18-5-3-2-4-6-18/h2-15H,1H3,(H2,22,23,26). The van der Waals surface area contributed by atoms with Crippen LogP contribution in [0, 0.1) is 0 Å². The number of amides is 2. The molecule has 0 fully saturated rings. The van der Waals surface area contributed by atoms with Crippen molar-refractivity contribution >= 4 is 23.1 Å². The van der Waals surface area contributed by atoms with E-state index in [0.29, 0.717) is 11.4 Å². The maximum absolute atomic E-state index is 12.1. The Labute approximate surface area is 152 Å². The van der Waals surface area contributed by atoms with Crippen LogP contribution in [0.5, 0.6) is 0 Å². The SMILES string of the molecule is CC(NC(=O)Nc1ccc(N=Nc2ccccc2)cc1)c1ccncc1. The lowest BCUT2D eigenvalue weighted by Crippen LogP contribution is -2.31. The number of anilines is 1. The van der Waals surface area contributed by atoms with Crippen LogP contribution in [0.15, 0.2) is 89.4 Å². The maximum Gasteiger partial charge on any atom is 0.319 e. The first kappa shape index (κ1) is 17.3. The van der Waals surface area contributed by atoms with Gasteiger partial charge in [-0.05, 0) is 61.0 Å². The molecule has 6 heteroatoms. The molecule has 0 aliphatic heterocycles. The van der Waals surface area contributed by atoms with E-state index in [9.17, 15) is 4.79 Å². The lowest BCUT2D eigenvalue weighted by Gasteiger charge is -2.14. The molecule has 0 aliphatic carbocycles. The Morgan fingerprint density at radius 2 is 1.50 bits per heavy atom. The number of hydrogen-bond donors (Lipinski definition) is 2. The van der Waals surface area contributed by atoms with Crippen LogP contribution >= 0.6 is 0 Å². The summed E-state index contributed by atoms with van der Waals surface area (Å²) >= 11 is 0. The van der Waals surface area contributed by atoms with Crippen molar-refractivity contribution in [2.24, 2.45) is 10.2 Å². The molecule has 1 atom stereocenters. The van der Waals surface area contributed by atoms with Gasteiger partial charge in [-0.1, -0.05) is 18.2 Å². The molecule has 2 aromatic carbocycles. The first-order valence-electron chi connectivity index (χ1n) is 8.25. The lowest BCUT2D eigenvalue weighted by molar-refractivity contribution is 0.249. The highest BCUT2D eigenvalue weighted by atomic mass is 16.2. The predicted octanol–water partition coefficient (Wildman–Crippen LogP) is 5.38. The van der Waals surface area contributed by atoms with Gasteiger partial charge in [-0.15, -0.1) is 0 Å². The molecule has 2 amide bonds. The van der Waals surface area contributed by atoms with Gasteiger partial charge >= 0.3 is 6.03 Å². The number of nitrogens with zero attached hydrogens (tertiary/aromatic N) is 3. The zero-order valence-corrected chi connectivity index (χ0v) is 14.3. The third-order valence-corrected chi connectivity index (χ3v) is 3.72. The quantitative estimate of drug-likeness (QED) is 0.609. The van der Waals surface area contributed by atoms with Gasteiger partial charge in [-0.3, -0.25) is 4.98 Å². The summed E-state index contributed by atoms with van der Waals surface area (Å²) in [5.41, 5.74) is 3.18. The summed E-state index contributed by atoms with van der Waals surface area (Å²) in [5, 5.41) is 14.0. The number of urea groups is 1. The zero-order chi connectivity index (χ0) is 18.2. The van der Waals surface area contributed by atoms with E-state index in [1.54, 1.807) is 36.7 Å². The molecule has 0 saturated heterocycles. The number of carbonyl (C=O) groups excluding carboxylic acids is 1. The average molecular weight is 345 g/mol. The number of rotatable bonds is 5. The number of benzene rings is 2. The minimum Gasteiger partial charge on any atom is -0.331 e. The minimum atomic E-state index is -0.270. The van der Waals surface area contributed by atoms with Crippen molar-refractivity contribution < 1.29 is 4.79 Å². The fourth-order valence-corrected chi connectivity index (χ4v) is 2.32. The zero-order valence-electron chi connectivity index (χ0n) is 14.3. The fourth-order valence-electron chi connectivity index (χ4n) is 2.32. The van der Waals surface area contributed by atoms with Gasteiger partial charge in [0, 0.05) is 18.1 Å². The van der Waals surface area contributed by atoms with Gasteiger partial charge in [-0.2, -0.15) is 10.2 Å². The normalized spacial score (nSPS) is 11.9. The summed E-state index contributed by atoms with van der Waals surface area (Å²) in [6, 6.07) is 20.1. The summed E-state index contributed by atoms with van der Waals surface area (Å²) in [6.45, 7) is 1.92. The van der Waals surface area contributed by atoms with Gasteiger partial charge in [0.1, 0.15) is 0 Å². The fraction of sp³-hybridized carbons (Fsp3) is 0.100. The third-order valence-electron chi connectivity index (χ3n) is 3.72. The molecule has 0 spiro atoms. The Morgan fingerprint density at radius 3 is 2.15 bits per heavy atom. The van der Waals surface area contributed by atoms with E-state index >= 15 is 0 Å². The van der Waals surface area contributed by atoms with Crippen molar-refractivity contribution in [3.63, 3.8) is 0 Å². The van der Waals surface area contributed by atoms with Gasteiger partial charge in [0.05, 0.1) is 17.4 Å². The van der Waals surface area contributed by atoms with Gasteiger partial charge in [0.15, 0.2) is 0 Å². The number of aromatic nitrogens is 1. The van der Waals surface area contributed by atoms with Crippen molar-refractivity contribution in [1.82, 2.24) is 10.3 Å². The number of hydrogen-bond acceptors (Lipinski definition) is 4. The van der Waals surface area contributed by atoms with Crippen LogP contribution in [-0.2, 0) is 0 Å². The van der Waals surface area contributed by atoms with Crippen LogP contribution in [0.25, 0.3) is 0 Å². The highest BCUT2D eigenvalue weighted by Crippen LogP contribution is 2.20. The van der Waals surface area contributed by atoms with Gasteiger partial charge in [0.2, 0.25) is 0 Å². The number of azo groups is 1. The molecular formula is C20H19N5O. The summed E-state index contributed by atoms with van der Waals surface area (Å²) in [4.78, 5) is 16.1. The van der Waals surface area contributed by atoms with E-state index in [4.69, 9.17) is 0 Å². The lowest BCUT2D eigenvalue weighted by atomic mass is 10.1. The summed E-state index contributed by atoms with van der Waals surface area (Å²) < 4.78 is 0. The van der Waals surface area contributed by atoms with E-state index < -0.39 is 0 Å². The summed E-state index contributed by atoms with van der Waals surface area (Å²) in [6.07, 6.45) is 3.41. The van der Waals surface area contributed by atoms with E-state index in [1.807, 2.05) is 49.4 Å².